The summed E-state index contributed by atoms with van der Waals surface area (Å²) in [5, 5.41) is 9.22. The summed E-state index contributed by atoms with van der Waals surface area (Å²) < 4.78 is 12.0. The van der Waals surface area contributed by atoms with Crippen LogP contribution in [-0.4, -0.2) is 13.2 Å². The minimum atomic E-state index is 0.589. The monoisotopic (exact) mass is 413 g/mol. The number of hydrogen-bond acceptors (Lipinski definition) is 3. The summed E-state index contributed by atoms with van der Waals surface area (Å²) >= 11 is 0. The van der Waals surface area contributed by atoms with Gasteiger partial charge in [-0.25, -0.2) is 0 Å². The van der Waals surface area contributed by atoms with Crippen LogP contribution >= 0.6 is 0 Å². The summed E-state index contributed by atoms with van der Waals surface area (Å²) in [5.41, 5.74) is 4.68. The van der Waals surface area contributed by atoms with Gasteiger partial charge in [0.15, 0.2) is 11.5 Å². The lowest BCUT2D eigenvalue weighted by Gasteiger charge is -2.13. The van der Waals surface area contributed by atoms with E-state index in [0.29, 0.717) is 24.5 Å². The summed E-state index contributed by atoms with van der Waals surface area (Å²) in [4.78, 5) is 0. The zero-order chi connectivity index (χ0) is 21.7. The van der Waals surface area contributed by atoms with Crippen LogP contribution in [0.1, 0.15) is 47.9 Å². The summed E-state index contributed by atoms with van der Waals surface area (Å²) in [5.74, 6) is 1.38. The summed E-state index contributed by atoms with van der Waals surface area (Å²) in [6.07, 6.45) is 6.20. The van der Waals surface area contributed by atoms with E-state index in [4.69, 9.17) is 9.47 Å². The summed E-state index contributed by atoms with van der Waals surface area (Å²) in [7, 11) is 0. The van der Waals surface area contributed by atoms with Gasteiger partial charge in [-0.1, -0.05) is 54.6 Å². The minimum absolute atomic E-state index is 0.589. The Morgan fingerprint density at radius 2 is 1.39 bits per heavy atom. The molecular weight excluding hydrogens is 382 g/mol. The van der Waals surface area contributed by atoms with E-state index in [0.717, 1.165) is 44.3 Å². The van der Waals surface area contributed by atoms with Gasteiger partial charge < -0.3 is 9.47 Å². The second-order valence-electron chi connectivity index (χ2n) is 7.80. The van der Waals surface area contributed by atoms with Crippen LogP contribution in [0, 0.1) is 18.3 Å². The predicted molar refractivity (Wildman–Crippen MR) is 126 cm³/mol. The van der Waals surface area contributed by atoms with Crippen LogP contribution in [0.5, 0.6) is 11.5 Å². The first kappa shape index (κ1) is 22.4. The molecule has 0 aliphatic rings. The van der Waals surface area contributed by atoms with Gasteiger partial charge in [-0.15, -0.1) is 0 Å². The fourth-order valence-corrected chi connectivity index (χ4v) is 3.56. The number of nitriles is 1. The van der Waals surface area contributed by atoms with E-state index in [2.05, 4.69) is 61.5 Å². The Bertz CT molecular complexity index is 976. The highest BCUT2D eigenvalue weighted by Crippen LogP contribution is 2.29. The van der Waals surface area contributed by atoms with Crippen molar-refractivity contribution in [1.82, 2.24) is 0 Å². The van der Waals surface area contributed by atoms with E-state index in [1.165, 1.54) is 16.7 Å². The summed E-state index contributed by atoms with van der Waals surface area (Å²) in [6.45, 7) is 3.41. The van der Waals surface area contributed by atoms with Gasteiger partial charge in [-0.2, -0.15) is 5.26 Å². The van der Waals surface area contributed by atoms with E-state index in [1.54, 1.807) is 12.1 Å². The molecule has 0 bridgehead atoms. The van der Waals surface area contributed by atoms with Crippen molar-refractivity contribution in [3.8, 4) is 17.6 Å². The SMILES string of the molecule is Cc1ccccc1CCCCOc1cc(C#N)ccc1OCCCCc1ccccc1. The van der Waals surface area contributed by atoms with Crippen molar-refractivity contribution >= 4 is 0 Å². The van der Waals surface area contributed by atoms with Crippen molar-refractivity contribution in [2.75, 3.05) is 13.2 Å². The van der Waals surface area contributed by atoms with Crippen molar-refractivity contribution in [1.29, 1.82) is 5.26 Å². The fraction of sp³-hybridized carbons (Fsp3) is 0.321. The van der Waals surface area contributed by atoms with E-state index < -0.39 is 0 Å². The Morgan fingerprint density at radius 3 is 2.13 bits per heavy atom. The van der Waals surface area contributed by atoms with Crippen LogP contribution in [0.25, 0.3) is 0 Å². The first-order valence-corrected chi connectivity index (χ1v) is 11.1. The normalized spacial score (nSPS) is 10.5. The molecule has 0 heterocycles. The lowest BCUT2D eigenvalue weighted by atomic mass is 10.0. The first-order chi connectivity index (χ1) is 15.3. The van der Waals surface area contributed by atoms with Gasteiger partial charge in [0.05, 0.1) is 24.8 Å². The molecule has 0 spiro atoms. The Hall–Kier alpha value is -3.25. The molecule has 0 aliphatic heterocycles. The molecule has 3 aromatic carbocycles. The third-order valence-electron chi connectivity index (χ3n) is 5.39. The zero-order valence-corrected chi connectivity index (χ0v) is 18.3. The number of hydrogen-bond donors (Lipinski definition) is 0. The highest BCUT2D eigenvalue weighted by molar-refractivity contribution is 5.46. The smallest absolute Gasteiger partial charge is 0.162 e. The molecule has 0 unspecified atom stereocenters. The Balaban J connectivity index is 1.43. The Morgan fingerprint density at radius 1 is 0.710 bits per heavy atom. The molecule has 0 aromatic heterocycles. The van der Waals surface area contributed by atoms with Gasteiger partial charge in [-0.3, -0.25) is 0 Å². The second-order valence-corrected chi connectivity index (χ2v) is 7.80. The topological polar surface area (TPSA) is 42.2 Å². The minimum Gasteiger partial charge on any atom is -0.490 e. The largest absolute Gasteiger partial charge is 0.490 e. The zero-order valence-electron chi connectivity index (χ0n) is 18.3. The molecule has 0 aliphatic carbocycles. The quantitative estimate of drug-likeness (QED) is 0.311. The number of benzene rings is 3. The molecule has 3 heteroatoms. The number of rotatable bonds is 12. The number of ether oxygens (including phenoxy) is 2. The lowest BCUT2D eigenvalue weighted by Crippen LogP contribution is -2.04. The predicted octanol–water partition coefficient (Wildman–Crippen LogP) is 6.67. The molecule has 0 atom stereocenters. The van der Waals surface area contributed by atoms with Crippen molar-refractivity contribution in [2.45, 2.75) is 45.4 Å². The molecular formula is C28H31NO2. The highest BCUT2D eigenvalue weighted by Gasteiger charge is 2.07. The van der Waals surface area contributed by atoms with Crippen molar-refractivity contribution in [3.63, 3.8) is 0 Å². The number of nitrogens with zero attached hydrogens (tertiary/aromatic N) is 1. The van der Waals surface area contributed by atoms with E-state index >= 15 is 0 Å². The maximum absolute atomic E-state index is 9.22. The van der Waals surface area contributed by atoms with Gasteiger partial charge in [0, 0.05) is 6.07 Å². The fourth-order valence-electron chi connectivity index (χ4n) is 3.56. The molecule has 3 rings (SSSR count). The lowest BCUT2D eigenvalue weighted by molar-refractivity contribution is 0.260. The second kappa shape index (κ2) is 12.4. The average Bonchev–Trinajstić information content (AvgIpc) is 2.81. The van der Waals surface area contributed by atoms with Gasteiger partial charge in [0.2, 0.25) is 0 Å². The van der Waals surface area contributed by atoms with Crippen LogP contribution in [0.3, 0.4) is 0 Å². The van der Waals surface area contributed by atoms with Crippen LogP contribution in [0.15, 0.2) is 72.8 Å². The molecule has 3 nitrogen and oxygen atoms in total. The Labute approximate surface area is 186 Å². The highest BCUT2D eigenvalue weighted by atomic mass is 16.5. The maximum atomic E-state index is 9.22. The molecule has 0 fully saturated rings. The van der Waals surface area contributed by atoms with Gasteiger partial charge >= 0.3 is 0 Å². The molecule has 0 amide bonds. The van der Waals surface area contributed by atoms with E-state index in [9.17, 15) is 5.26 Å². The molecule has 0 N–H and O–H groups in total. The van der Waals surface area contributed by atoms with E-state index in [-0.39, 0.29) is 0 Å². The van der Waals surface area contributed by atoms with Crippen LogP contribution in [0.4, 0.5) is 0 Å². The number of unbranched alkanes of at least 4 members (excludes halogenated alkanes) is 2. The Kier molecular flexibility index (Phi) is 9.01. The third kappa shape index (κ3) is 7.50. The molecule has 0 radical (unpaired) electrons. The van der Waals surface area contributed by atoms with Gasteiger partial charge in [-0.05, 0) is 74.3 Å². The number of aryl methyl sites for hydroxylation is 3. The molecule has 3 aromatic rings. The molecule has 31 heavy (non-hydrogen) atoms. The third-order valence-corrected chi connectivity index (χ3v) is 5.39. The van der Waals surface area contributed by atoms with Crippen LogP contribution in [-0.2, 0) is 12.8 Å². The van der Waals surface area contributed by atoms with Gasteiger partial charge in [0.1, 0.15) is 0 Å². The van der Waals surface area contributed by atoms with Crippen LogP contribution in [0.2, 0.25) is 0 Å². The van der Waals surface area contributed by atoms with Crippen molar-refractivity contribution < 1.29 is 9.47 Å². The molecule has 0 saturated carbocycles. The molecule has 0 saturated heterocycles. The average molecular weight is 414 g/mol. The first-order valence-electron chi connectivity index (χ1n) is 11.1. The van der Waals surface area contributed by atoms with Crippen molar-refractivity contribution in [3.05, 3.63) is 95.1 Å². The van der Waals surface area contributed by atoms with E-state index in [1.807, 2.05) is 12.1 Å². The van der Waals surface area contributed by atoms with Gasteiger partial charge in [0.25, 0.3) is 0 Å². The summed E-state index contributed by atoms with van der Waals surface area (Å²) in [6, 6.07) is 26.6. The van der Waals surface area contributed by atoms with Crippen molar-refractivity contribution in [2.24, 2.45) is 0 Å². The van der Waals surface area contributed by atoms with Crippen LogP contribution < -0.4 is 9.47 Å². The molecule has 160 valence electrons. The standard InChI is InChI=1S/C28H31NO2/c1-23-11-5-6-15-26(23)16-8-10-20-31-28-21-25(22-29)17-18-27(28)30-19-9-7-14-24-12-3-2-4-13-24/h2-6,11-13,15,17-18,21H,7-10,14,16,19-20H2,1H3. The maximum Gasteiger partial charge on any atom is 0.162 e.